The lowest BCUT2D eigenvalue weighted by atomic mass is 10.2. The molecule has 0 saturated heterocycles. The van der Waals surface area contributed by atoms with Crippen molar-refractivity contribution >= 4 is 0 Å². The third kappa shape index (κ3) is 7.96. The molecule has 9 heavy (non-hydrogen) atoms. The van der Waals surface area contributed by atoms with Gasteiger partial charge in [0.1, 0.15) is 0 Å². The first kappa shape index (κ1) is 8.96. The van der Waals surface area contributed by atoms with E-state index in [0.717, 1.165) is 19.4 Å². The molecule has 0 N–H and O–H groups in total. The second-order valence-corrected chi connectivity index (χ2v) is 2.18. The molecule has 54 valence electrons. The summed E-state index contributed by atoms with van der Waals surface area (Å²) in [6.07, 6.45) is 5.99. The van der Waals surface area contributed by atoms with Gasteiger partial charge in [0.15, 0.2) is 0 Å². The summed E-state index contributed by atoms with van der Waals surface area (Å²) in [5, 5.41) is 0. The highest BCUT2D eigenvalue weighted by Crippen LogP contribution is 2.01. The summed E-state index contributed by atoms with van der Waals surface area (Å²) in [5.74, 6) is 0. The van der Waals surface area contributed by atoms with Crippen molar-refractivity contribution in [2.24, 2.45) is 0 Å². The molecule has 0 aromatic carbocycles. The molecule has 0 bridgehead atoms. The molecule has 0 aliphatic carbocycles. The highest BCUT2D eigenvalue weighted by molar-refractivity contribution is 4.44. The van der Waals surface area contributed by atoms with Crippen LogP contribution in [0.2, 0.25) is 0 Å². The van der Waals surface area contributed by atoms with Crippen LogP contribution < -0.4 is 0 Å². The van der Waals surface area contributed by atoms with Gasteiger partial charge in [-0.05, 0) is 6.42 Å². The Hall–Kier alpha value is -0.0400. The second-order valence-electron chi connectivity index (χ2n) is 2.18. The van der Waals surface area contributed by atoms with Gasteiger partial charge in [-0.2, -0.15) is 0 Å². The number of rotatable bonds is 6. The highest BCUT2D eigenvalue weighted by atomic mass is 16.5. The van der Waals surface area contributed by atoms with Crippen LogP contribution in [0.3, 0.4) is 0 Å². The minimum Gasteiger partial charge on any atom is -0.379 e. The van der Waals surface area contributed by atoms with Gasteiger partial charge >= 0.3 is 0 Å². The molecule has 0 heterocycles. The van der Waals surface area contributed by atoms with E-state index >= 15 is 0 Å². The van der Waals surface area contributed by atoms with Crippen molar-refractivity contribution in [2.75, 3.05) is 6.61 Å². The lowest BCUT2D eigenvalue weighted by Crippen LogP contribution is -1.85. The Morgan fingerprint density at radius 3 is 2.22 bits per heavy atom. The van der Waals surface area contributed by atoms with E-state index in [-0.39, 0.29) is 0 Å². The van der Waals surface area contributed by atoms with E-state index in [2.05, 4.69) is 18.8 Å². The first-order valence-corrected chi connectivity index (χ1v) is 3.58. The third-order valence-corrected chi connectivity index (χ3v) is 1.29. The molecule has 0 saturated carbocycles. The third-order valence-electron chi connectivity index (χ3n) is 1.29. The van der Waals surface area contributed by atoms with Crippen molar-refractivity contribution in [1.82, 2.24) is 0 Å². The van der Waals surface area contributed by atoms with Crippen molar-refractivity contribution in [1.29, 1.82) is 0 Å². The van der Waals surface area contributed by atoms with Crippen molar-refractivity contribution in [2.45, 2.75) is 32.1 Å². The normalized spacial score (nSPS) is 10.0. The van der Waals surface area contributed by atoms with Crippen molar-refractivity contribution in [3.63, 3.8) is 0 Å². The second kappa shape index (κ2) is 7.96. The van der Waals surface area contributed by atoms with Gasteiger partial charge in [-0.15, -0.1) is 0 Å². The monoisotopic (exact) mass is 128 g/mol. The Kier molecular flexibility index (Phi) is 7.92. The SMILES string of the molecule is [CH2]CCCCCCO[CH2]. The number of ether oxygens (including phenoxy) is 1. The Balaban J connectivity index is 2.60. The zero-order valence-corrected chi connectivity index (χ0v) is 6.07. The van der Waals surface area contributed by atoms with E-state index in [1.165, 1.54) is 19.3 Å². The molecule has 0 unspecified atom stereocenters. The summed E-state index contributed by atoms with van der Waals surface area (Å²) < 4.78 is 4.66. The number of hydrogen-bond donors (Lipinski definition) is 0. The maximum Gasteiger partial charge on any atom is 0.0700 e. The molecule has 0 aromatic rings. The van der Waals surface area contributed by atoms with Crippen molar-refractivity contribution in [3.05, 3.63) is 14.0 Å². The Bertz CT molecular complexity index is 37.8. The summed E-state index contributed by atoms with van der Waals surface area (Å²) >= 11 is 0. The Labute approximate surface area is 58.4 Å². The number of hydrogen-bond acceptors (Lipinski definition) is 1. The molecule has 0 spiro atoms. The molecular formula is C8H16O. The highest BCUT2D eigenvalue weighted by Gasteiger charge is 1.86. The lowest BCUT2D eigenvalue weighted by molar-refractivity contribution is 0.233. The average Bonchev–Trinajstić information content (AvgIpc) is 1.89. The maximum absolute atomic E-state index is 4.66. The molecule has 1 nitrogen and oxygen atoms in total. The predicted molar refractivity (Wildman–Crippen MR) is 39.8 cm³/mol. The van der Waals surface area contributed by atoms with E-state index in [1.54, 1.807) is 0 Å². The molecule has 1 heteroatoms. The van der Waals surface area contributed by atoms with Crippen LogP contribution >= 0.6 is 0 Å². The average molecular weight is 128 g/mol. The molecule has 0 aliphatic heterocycles. The van der Waals surface area contributed by atoms with Crippen molar-refractivity contribution < 1.29 is 4.74 Å². The molecule has 0 fully saturated rings. The smallest absolute Gasteiger partial charge is 0.0700 e. The minimum absolute atomic E-state index is 0.803. The van der Waals surface area contributed by atoms with Gasteiger partial charge in [-0.25, -0.2) is 0 Å². The first-order valence-electron chi connectivity index (χ1n) is 3.58. The van der Waals surface area contributed by atoms with E-state index in [4.69, 9.17) is 0 Å². The van der Waals surface area contributed by atoms with Gasteiger partial charge in [-0.1, -0.05) is 32.6 Å². The predicted octanol–water partition coefficient (Wildman–Crippen LogP) is 2.58. The molecule has 0 aliphatic rings. The largest absolute Gasteiger partial charge is 0.379 e. The van der Waals surface area contributed by atoms with Crippen molar-refractivity contribution in [3.8, 4) is 0 Å². The lowest BCUT2D eigenvalue weighted by Gasteiger charge is -1.96. The van der Waals surface area contributed by atoms with Crippen LogP contribution in [-0.4, -0.2) is 6.61 Å². The van der Waals surface area contributed by atoms with Gasteiger partial charge in [0.2, 0.25) is 0 Å². The molecule has 0 rings (SSSR count). The molecule has 0 amide bonds. The first-order chi connectivity index (χ1) is 4.41. The summed E-state index contributed by atoms with van der Waals surface area (Å²) in [6, 6.07) is 0. The quantitative estimate of drug-likeness (QED) is 0.499. The zero-order chi connectivity index (χ0) is 6.95. The van der Waals surface area contributed by atoms with E-state index in [9.17, 15) is 0 Å². The van der Waals surface area contributed by atoms with Gasteiger partial charge in [0.25, 0.3) is 0 Å². The van der Waals surface area contributed by atoms with Crippen LogP contribution in [0.1, 0.15) is 32.1 Å². The van der Waals surface area contributed by atoms with Gasteiger partial charge in [0.05, 0.1) is 7.11 Å². The zero-order valence-electron chi connectivity index (χ0n) is 6.07. The van der Waals surface area contributed by atoms with Crippen LogP contribution in [0.5, 0.6) is 0 Å². The summed E-state index contributed by atoms with van der Waals surface area (Å²) in [5.41, 5.74) is 0. The fourth-order valence-corrected chi connectivity index (χ4v) is 0.734. The van der Waals surface area contributed by atoms with Crippen LogP contribution in [0.25, 0.3) is 0 Å². The fraction of sp³-hybridized carbons (Fsp3) is 0.750. The minimum atomic E-state index is 0.803. The molecular weight excluding hydrogens is 112 g/mol. The van der Waals surface area contributed by atoms with Crippen LogP contribution in [0.15, 0.2) is 0 Å². The summed E-state index contributed by atoms with van der Waals surface area (Å²) in [4.78, 5) is 0. The summed E-state index contributed by atoms with van der Waals surface area (Å²) in [7, 11) is 3.29. The topological polar surface area (TPSA) is 9.23 Å². The molecule has 2 radical (unpaired) electrons. The molecule has 0 aromatic heterocycles. The van der Waals surface area contributed by atoms with Gasteiger partial charge < -0.3 is 4.74 Å². The number of unbranched alkanes of at least 4 members (excludes halogenated alkanes) is 4. The van der Waals surface area contributed by atoms with E-state index in [0.29, 0.717) is 0 Å². The van der Waals surface area contributed by atoms with E-state index in [1.807, 2.05) is 0 Å². The van der Waals surface area contributed by atoms with E-state index < -0.39 is 0 Å². The van der Waals surface area contributed by atoms with Crippen LogP contribution in [0.4, 0.5) is 0 Å². The standard InChI is InChI=1S/C8H16O/c1-3-4-5-6-7-8-9-2/h1-8H2. The molecule has 0 atom stereocenters. The Morgan fingerprint density at radius 2 is 1.67 bits per heavy atom. The Morgan fingerprint density at radius 1 is 1.00 bits per heavy atom. The van der Waals surface area contributed by atoms with Gasteiger partial charge in [-0.3, -0.25) is 0 Å². The van der Waals surface area contributed by atoms with Crippen LogP contribution in [0, 0.1) is 14.0 Å². The summed E-state index contributed by atoms with van der Waals surface area (Å²) in [6.45, 7) is 4.56. The fourth-order valence-electron chi connectivity index (χ4n) is 0.734. The van der Waals surface area contributed by atoms with Crippen LogP contribution in [-0.2, 0) is 4.74 Å². The maximum atomic E-state index is 4.66. The van der Waals surface area contributed by atoms with Gasteiger partial charge in [0, 0.05) is 6.61 Å².